The summed E-state index contributed by atoms with van der Waals surface area (Å²) in [5.74, 6) is 0.614. The van der Waals surface area contributed by atoms with Crippen molar-refractivity contribution < 1.29 is 4.79 Å². The van der Waals surface area contributed by atoms with Crippen molar-refractivity contribution in [1.82, 2.24) is 18.7 Å². The summed E-state index contributed by atoms with van der Waals surface area (Å²) in [4.78, 5) is 34.2. The molecule has 0 atom stereocenters. The van der Waals surface area contributed by atoms with Crippen LogP contribution in [-0.2, 0) is 11.5 Å². The molecule has 2 fully saturated rings. The van der Waals surface area contributed by atoms with Crippen molar-refractivity contribution in [3.05, 3.63) is 27.7 Å². The van der Waals surface area contributed by atoms with Crippen LogP contribution in [0.25, 0.3) is 10.2 Å². The lowest BCUT2D eigenvalue weighted by molar-refractivity contribution is -0.134. The van der Waals surface area contributed by atoms with Gasteiger partial charge >= 0.3 is 0 Å². The van der Waals surface area contributed by atoms with Gasteiger partial charge in [-0.25, -0.2) is 8.94 Å². The van der Waals surface area contributed by atoms with Gasteiger partial charge in [-0.2, -0.15) is 0 Å². The number of rotatable bonds is 3. The molecule has 7 heteroatoms. The van der Waals surface area contributed by atoms with Crippen molar-refractivity contribution >= 4 is 27.7 Å². The highest BCUT2D eigenvalue weighted by molar-refractivity contribution is 7.13. The van der Waals surface area contributed by atoms with Crippen molar-refractivity contribution in [2.45, 2.75) is 33.4 Å². The standard InChI is InChI=1S/C17H22N4O2S/c1-11-9-18-15-14(12(11)2)17(23)21(24-15)10-19-5-7-20(8-6-19)16(22)13-3-4-13/h9,13H,3-8,10H2,1-2H3. The summed E-state index contributed by atoms with van der Waals surface area (Å²) in [6.07, 6.45) is 3.95. The van der Waals surface area contributed by atoms with Crippen LogP contribution in [-0.4, -0.2) is 50.8 Å². The van der Waals surface area contributed by atoms with Crippen LogP contribution in [0.15, 0.2) is 11.0 Å². The number of carbonyl (C=O) groups is 1. The highest BCUT2D eigenvalue weighted by Gasteiger charge is 2.34. The SMILES string of the molecule is Cc1cnc2sn(CN3CCN(C(=O)C4CC4)CC3)c(=O)c2c1C. The fourth-order valence-corrected chi connectivity index (χ4v) is 4.27. The van der Waals surface area contributed by atoms with Crippen LogP contribution in [0.3, 0.4) is 0 Å². The van der Waals surface area contributed by atoms with Crippen molar-refractivity contribution in [2.75, 3.05) is 26.2 Å². The number of aryl methyl sites for hydroxylation is 2. The van der Waals surface area contributed by atoms with Gasteiger partial charge in [-0.15, -0.1) is 0 Å². The van der Waals surface area contributed by atoms with E-state index in [1.807, 2.05) is 24.9 Å². The Hall–Kier alpha value is -1.73. The van der Waals surface area contributed by atoms with Crippen molar-refractivity contribution in [3.63, 3.8) is 0 Å². The van der Waals surface area contributed by atoms with E-state index in [9.17, 15) is 9.59 Å². The minimum atomic E-state index is 0.0557. The van der Waals surface area contributed by atoms with E-state index in [0.29, 0.717) is 18.5 Å². The molecule has 0 aromatic carbocycles. The number of nitrogens with zero attached hydrogens (tertiary/aromatic N) is 4. The molecular weight excluding hydrogens is 324 g/mol. The second-order valence-electron chi connectivity index (χ2n) is 6.88. The molecule has 128 valence electrons. The Morgan fingerprint density at radius 2 is 1.96 bits per heavy atom. The third kappa shape index (κ3) is 2.75. The molecule has 2 aromatic rings. The maximum atomic E-state index is 12.7. The lowest BCUT2D eigenvalue weighted by Gasteiger charge is -2.34. The van der Waals surface area contributed by atoms with Gasteiger partial charge in [0.15, 0.2) is 0 Å². The minimum Gasteiger partial charge on any atom is -0.340 e. The van der Waals surface area contributed by atoms with Crippen molar-refractivity contribution in [3.8, 4) is 0 Å². The average Bonchev–Trinajstić information content (AvgIpc) is 3.38. The smallest absolute Gasteiger partial charge is 0.271 e. The zero-order valence-corrected chi connectivity index (χ0v) is 14.9. The summed E-state index contributed by atoms with van der Waals surface area (Å²) in [5.41, 5.74) is 2.14. The molecule has 0 bridgehead atoms. The molecule has 1 aliphatic heterocycles. The van der Waals surface area contributed by atoms with Gasteiger partial charge in [-0.1, -0.05) is 0 Å². The monoisotopic (exact) mass is 346 g/mol. The maximum absolute atomic E-state index is 12.7. The van der Waals surface area contributed by atoms with Gasteiger partial charge in [-0.05, 0) is 49.3 Å². The Labute approximate surface area is 144 Å². The first-order chi connectivity index (χ1) is 11.5. The number of hydrogen-bond acceptors (Lipinski definition) is 5. The van der Waals surface area contributed by atoms with Crippen LogP contribution in [0.1, 0.15) is 24.0 Å². The highest BCUT2D eigenvalue weighted by Crippen LogP contribution is 2.31. The molecule has 1 saturated carbocycles. The fourth-order valence-electron chi connectivity index (χ4n) is 3.24. The van der Waals surface area contributed by atoms with E-state index in [1.54, 1.807) is 3.96 Å². The van der Waals surface area contributed by atoms with Crippen LogP contribution >= 0.6 is 11.5 Å². The van der Waals surface area contributed by atoms with E-state index in [-0.39, 0.29) is 5.56 Å². The van der Waals surface area contributed by atoms with Gasteiger partial charge in [0, 0.05) is 38.3 Å². The van der Waals surface area contributed by atoms with E-state index in [4.69, 9.17) is 0 Å². The number of amides is 1. The van der Waals surface area contributed by atoms with E-state index < -0.39 is 0 Å². The molecule has 3 heterocycles. The zero-order chi connectivity index (χ0) is 16.8. The number of pyridine rings is 1. The number of aromatic nitrogens is 2. The molecule has 0 spiro atoms. The normalized spacial score (nSPS) is 19.2. The van der Waals surface area contributed by atoms with E-state index in [0.717, 1.165) is 60.4 Å². The van der Waals surface area contributed by atoms with Crippen molar-refractivity contribution in [2.24, 2.45) is 5.92 Å². The molecule has 1 saturated heterocycles. The van der Waals surface area contributed by atoms with Crippen LogP contribution in [0, 0.1) is 19.8 Å². The Morgan fingerprint density at radius 3 is 2.62 bits per heavy atom. The number of carbonyl (C=O) groups excluding carboxylic acids is 1. The van der Waals surface area contributed by atoms with Gasteiger partial charge in [0.05, 0.1) is 12.1 Å². The second-order valence-corrected chi connectivity index (χ2v) is 7.89. The largest absolute Gasteiger partial charge is 0.340 e. The highest BCUT2D eigenvalue weighted by atomic mass is 32.1. The average molecular weight is 346 g/mol. The lowest BCUT2D eigenvalue weighted by Crippen LogP contribution is -2.49. The number of fused-ring (bicyclic) bond motifs is 1. The predicted octanol–water partition coefficient (Wildman–Crippen LogP) is 1.59. The van der Waals surface area contributed by atoms with E-state index in [1.165, 1.54) is 11.5 Å². The van der Waals surface area contributed by atoms with Crippen LogP contribution < -0.4 is 5.56 Å². The Morgan fingerprint density at radius 1 is 1.25 bits per heavy atom. The third-order valence-electron chi connectivity index (χ3n) is 5.13. The number of piperazine rings is 1. The molecular formula is C17H22N4O2S. The minimum absolute atomic E-state index is 0.0557. The van der Waals surface area contributed by atoms with Gasteiger partial charge in [0.2, 0.25) is 5.91 Å². The summed E-state index contributed by atoms with van der Waals surface area (Å²) in [5, 5.41) is 0.752. The lowest BCUT2D eigenvalue weighted by atomic mass is 10.1. The molecule has 2 aliphatic rings. The predicted molar refractivity (Wildman–Crippen MR) is 94.2 cm³/mol. The Balaban J connectivity index is 1.47. The van der Waals surface area contributed by atoms with Gasteiger partial charge in [0.1, 0.15) is 4.83 Å². The van der Waals surface area contributed by atoms with Crippen LogP contribution in [0.2, 0.25) is 0 Å². The first-order valence-corrected chi connectivity index (χ1v) is 9.29. The first-order valence-electron chi connectivity index (χ1n) is 8.52. The molecule has 6 nitrogen and oxygen atoms in total. The molecule has 2 aromatic heterocycles. The van der Waals surface area contributed by atoms with Gasteiger partial charge in [0.25, 0.3) is 5.56 Å². The summed E-state index contributed by atoms with van der Waals surface area (Å²) in [6.45, 7) is 7.75. The summed E-state index contributed by atoms with van der Waals surface area (Å²) in [6, 6.07) is 0. The summed E-state index contributed by atoms with van der Waals surface area (Å²) >= 11 is 1.43. The molecule has 0 unspecified atom stereocenters. The second kappa shape index (κ2) is 5.97. The quantitative estimate of drug-likeness (QED) is 0.847. The van der Waals surface area contributed by atoms with E-state index in [2.05, 4.69) is 9.88 Å². The topological polar surface area (TPSA) is 58.4 Å². The Kier molecular flexibility index (Phi) is 3.92. The van der Waals surface area contributed by atoms with Gasteiger partial charge < -0.3 is 4.90 Å². The summed E-state index contributed by atoms with van der Waals surface area (Å²) in [7, 11) is 0. The molecule has 0 N–H and O–H groups in total. The molecule has 0 radical (unpaired) electrons. The van der Waals surface area contributed by atoms with Crippen molar-refractivity contribution in [1.29, 1.82) is 0 Å². The van der Waals surface area contributed by atoms with Gasteiger partial charge in [-0.3, -0.25) is 14.5 Å². The zero-order valence-electron chi connectivity index (χ0n) is 14.1. The Bertz CT molecular complexity index is 844. The first kappa shape index (κ1) is 15.8. The maximum Gasteiger partial charge on any atom is 0.271 e. The molecule has 4 rings (SSSR count). The molecule has 1 amide bonds. The summed E-state index contributed by atoms with van der Waals surface area (Å²) < 4.78 is 1.79. The van der Waals surface area contributed by atoms with E-state index >= 15 is 0 Å². The van der Waals surface area contributed by atoms with Crippen LogP contribution in [0.4, 0.5) is 0 Å². The van der Waals surface area contributed by atoms with Crippen LogP contribution in [0.5, 0.6) is 0 Å². The number of hydrogen-bond donors (Lipinski definition) is 0. The fraction of sp³-hybridized carbons (Fsp3) is 0.588. The molecule has 1 aliphatic carbocycles. The molecule has 24 heavy (non-hydrogen) atoms. The third-order valence-corrected chi connectivity index (χ3v) is 6.12.